The number of esters is 1. The van der Waals surface area contributed by atoms with Crippen LogP contribution in [0.1, 0.15) is 38.2 Å². The van der Waals surface area contributed by atoms with Crippen LogP contribution in [0.25, 0.3) is 0 Å². The van der Waals surface area contributed by atoms with Gasteiger partial charge in [0.25, 0.3) is 0 Å². The molecule has 5 nitrogen and oxygen atoms in total. The predicted molar refractivity (Wildman–Crippen MR) is 75.0 cm³/mol. The molecule has 2 rings (SSSR count). The van der Waals surface area contributed by atoms with Gasteiger partial charge >= 0.3 is 5.97 Å². The Morgan fingerprint density at radius 3 is 2.95 bits per heavy atom. The zero-order valence-electron chi connectivity index (χ0n) is 11.7. The zero-order chi connectivity index (χ0) is 14.4. The van der Waals surface area contributed by atoms with E-state index in [2.05, 4.69) is 16.4 Å². The Balaban J connectivity index is 2.10. The highest BCUT2D eigenvalue weighted by atomic mass is 16.5. The summed E-state index contributed by atoms with van der Waals surface area (Å²) >= 11 is 0. The molecule has 1 N–H and O–H groups in total. The summed E-state index contributed by atoms with van der Waals surface area (Å²) in [5.74, 6) is 0.394. The molecule has 0 spiro atoms. The number of nitriles is 1. The molecule has 1 aliphatic rings. The van der Waals surface area contributed by atoms with Gasteiger partial charge in [0, 0.05) is 12.7 Å². The minimum absolute atomic E-state index is 0.139. The molecule has 0 saturated heterocycles. The number of aromatic nitrogens is 1. The second kappa shape index (κ2) is 6.38. The van der Waals surface area contributed by atoms with Crippen LogP contribution >= 0.6 is 0 Å². The number of hydrogen-bond acceptors (Lipinski definition) is 5. The molecule has 1 fully saturated rings. The number of ether oxygens (including phenoxy) is 1. The van der Waals surface area contributed by atoms with Crippen LogP contribution in [0.2, 0.25) is 0 Å². The number of pyridine rings is 1. The first kappa shape index (κ1) is 14.3. The van der Waals surface area contributed by atoms with Crippen molar-refractivity contribution >= 4 is 11.8 Å². The van der Waals surface area contributed by atoms with Gasteiger partial charge in [-0.2, -0.15) is 5.26 Å². The van der Waals surface area contributed by atoms with Gasteiger partial charge in [-0.25, -0.2) is 4.98 Å². The number of nitrogens with one attached hydrogen (secondary N) is 1. The highest BCUT2D eigenvalue weighted by Crippen LogP contribution is 2.39. The molecule has 0 aromatic carbocycles. The van der Waals surface area contributed by atoms with E-state index in [4.69, 9.17) is 10.00 Å². The maximum Gasteiger partial charge on any atom is 0.313 e. The van der Waals surface area contributed by atoms with Gasteiger partial charge in [-0.05, 0) is 31.9 Å². The molecule has 1 aromatic rings. The molecule has 0 aliphatic heterocycles. The van der Waals surface area contributed by atoms with E-state index in [1.54, 1.807) is 18.3 Å². The van der Waals surface area contributed by atoms with Crippen molar-refractivity contribution in [1.29, 1.82) is 5.26 Å². The summed E-state index contributed by atoms with van der Waals surface area (Å²) in [4.78, 5) is 16.4. The monoisotopic (exact) mass is 273 g/mol. The number of nitrogens with zero attached hydrogens (tertiary/aromatic N) is 2. The van der Waals surface area contributed by atoms with Gasteiger partial charge in [0.15, 0.2) is 0 Å². The Bertz CT molecular complexity index is 516. The summed E-state index contributed by atoms with van der Waals surface area (Å²) in [5, 5.41) is 12.2. The third kappa shape index (κ3) is 2.90. The lowest BCUT2D eigenvalue weighted by atomic mass is 9.86. The van der Waals surface area contributed by atoms with E-state index < -0.39 is 5.41 Å². The average Bonchev–Trinajstić information content (AvgIpc) is 2.96. The van der Waals surface area contributed by atoms with E-state index in [0.717, 1.165) is 25.7 Å². The van der Waals surface area contributed by atoms with Crippen molar-refractivity contribution in [3.05, 3.63) is 23.9 Å². The Morgan fingerprint density at radius 1 is 1.55 bits per heavy atom. The molecule has 20 heavy (non-hydrogen) atoms. The number of carbonyl (C=O) groups excluding carboxylic acids is 1. The zero-order valence-corrected chi connectivity index (χ0v) is 11.7. The summed E-state index contributed by atoms with van der Waals surface area (Å²) in [5.41, 5.74) is 0.0183. The van der Waals surface area contributed by atoms with E-state index in [-0.39, 0.29) is 5.97 Å². The van der Waals surface area contributed by atoms with Crippen LogP contribution in [0.3, 0.4) is 0 Å². The molecule has 0 radical (unpaired) electrons. The van der Waals surface area contributed by atoms with E-state index in [1.807, 2.05) is 6.92 Å². The number of anilines is 1. The van der Waals surface area contributed by atoms with E-state index in [0.29, 0.717) is 24.5 Å². The number of carbonyl (C=O) groups is 1. The second-order valence-electron chi connectivity index (χ2n) is 5.07. The first-order valence-corrected chi connectivity index (χ1v) is 6.98. The molecule has 0 atom stereocenters. The largest absolute Gasteiger partial charge is 0.466 e. The fourth-order valence-corrected chi connectivity index (χ4v) is 2.68. The van der Waals surface area contributed by atoms with Crippen LogP contribution in [-0.4, -0.2) is 24.1 Å². The molecule has 1 aliphatic carbocycles. The summed E-state index contributed by atoms with van der Waals surface area (Å²) in [7, 11) is 0. The maximum atomic E-state index is 12.2. The summed E-state index contributed by atoms with van der Waals surface area (Å²) in [6, 6.07) is 5.53. The molecule has 0 bridgehead atoms. The van der Waals surface area contributed by atoms with Crippen LogP contribution < -0.4 is 5.32 Å². The molecule has 1 saturated carbocycles. The normalized spacial score (nSPS) is 16.4. The van der Waals surface area contributed by atoms with Crippen LogP contribution in [-0.2, 0) is 9.53 Å². The lowest BCUT2D eigenvalue weighted by molar-refractivity contribution is -0.154. The molecular weight excluding hydrogens is 254 g/mol. The van der Waals surface area contributed by atoms with E-state index in [9.17, 15) is 4.79 Å². The molecule has 1 heterocycles. The molecule has 0 amide bonds. The topological polar surface area (TPSA) is 75.0 Å². The fourth-order valence-electron chi connectivity index (χ4n) is 2.68. The second-order valence-corrected chi connectivity index (χ2v) is 5.07. The van der Waals surface area contributed by atoms with Crippen molar-refractivity contribution in [3.8, 4) is 6.07 Å². The predicted octanol–water partition coefficient (Wildman–Crippen LogP) is 2.49. The quantitative estimate of drug-likeness (QED) is 0.834. The van der Waals surface area contributed by atoms with Crippen molar-refractivity contribution in [1.82, 2.24) is 4.98 Å². The van der Waals surface area contributed by atoms with Gasteiger partial charge < -0.3 is 10.1 Å². The van der Waals surface area contributed by atoms with Gasteiger partial charge in [0.2, 0.25) is 0 Å². The summed E-state index contributed by atoms with van der Waals surface area (Å²) in [6.07, 6.45) is 5.36. The van der Waals surface area contributed by atoms with Crippen molar-refractivity contribution < 1.29 is 9.53 Å². The van der Waals surface area contributed by atoms with Crippen molar-refractivity contribution in [2.75, 3.05) is 18.5 Å². The van der Waals surface area contributed by atoms with Crippen LogP contribution in [0, 0.1) is 16.7 Å². The van der Waals surface area contributed by atoms with Gasteiger partial charge in [0.05, 0.1) is 17.6 Å². The van der Waals surface area contributed by atoms with E-state index in [1.165, 1.54) is 0 Å². The Kier molecular flexibility index (Phi) is 4.57. The molecule has 0 unspecified atom stereocenters. The molecule has 1 aromatic heterocycles. The van der Waals surface area contributed by atoms with Crippen LogP contribution in [0.5, 0.6) is 0 Å². The maximum absolute atomic E-state index is 12.2. The van der Waals surface area contributed by atoms with Crippen LogP contribution in [0.15, 0.2) is 18.3 Å². The lowest BCUT2D eigenvalue weighted by Crippen LogP contribution is -2.37. The van der Waals surface area contributed by atoms with Gasteiger partial charge in [-0.3, -0.25) is 4.79 Å². The summed E-state index contributed by atoms with van der Waals surface area (Å²) in [6.45, 7) is 2.69. The van der Waals surface area contributed by atoms with E-state index >= 15 is 0 Å². The first-order valence-electron chi connectivity index (χ1n) is 6.98. The molecule has 5 heteroatoms. The third-order valence-corrected chi connectivity index (χ3v) is 3.79. The molecule has 106 valence electrons. The minimum Gasteiger partial charge on any atom is -0.466 e. The Morgan fingerprint density at radius 2 is 2.30 bits per heavy atom. The highest BCUT2D eigenvalue weighted by molar-refractivity contribution is 5.78. The average molecular weight is 273 g/mol. The lowest BCUT2D eigenvalue weighted by Gasteiger charge is -2.27. The van der Waals surface area contributed by atoms with Gasteiger partial charge in [0.1, 0.15) is 11.9 Å². The fraction of sp³-hybridized carbons (Fsp3) is 0.533. The Hall–Kier alpha value is -2.09. The number of hydrogen-bond donors (Lipinski definition) is 1. The van der Waals surface area contributed by atoms with Crippen molar-refractivity contribution in [2.45, 2.75) is 32.6 Å². The Labute approximate surface area is 119 Å². The van der Waals surface area contributed by atoms with Gasteiger partial charge in [-0.15, -0.1) is 0 Å². The van der Waals surface area contributed by atoms with Crippen molar-refractivity contribution in [3.63, 3.8) is 0 Å². The first-order chi connectivity index (χ1) is 9.72. The van der Waals surface area contributed by atoms with Gasteiger partial charge in [-0.1, -0.05) is 12.8 Å². The third-order valence-electron chi connectivity index (χ3n) is 3.79. The minimum atomic E-state index is -0.472. The smallest absolute Gasteiger partial charge is 0.313 e. The highest BCUT2D eigenvalue weighted by Gasteiger charge is 2.42. The van der Waals surface area contributed by atoms with Crippen LogP contribution in [0.4, 0.5) is 5.82 Å². The molecular formula is C15H19N3O2. The number of rotatable bonds is 5. The standard InChI is InChI=1S/C15H19N3O2/c1-2-20-14(19)15(7-3-4-8-15)11-18-13-12(10-16)6-5-9-17-13/h5-6,9H,2-4,7-8,11H2,1H3,(H,17,18). The van der Waals surface area contributed by atoms with Crippen molar-refractivity contribution in [2.24, 2.45) is 5.41 Å². The summed E-state index contributed by atoms with van der Waals surface area (Å²) < 4.78 is 5.21. The SMILES string of the molecule is CCOC(=O)C1(CNc2ncccc2C#N)CCCC1.